The summed E-state index contributed by atoms with van der Waals surface area (Å²) >= 11 is 18.0. The van der Waals surface area contributed by atoms with Gasteiger partial charge in [-0.1, -0.05) is 102 Å². The number of aliphatic hydroxyl groups is 1. The van der Waals surface area contributed by atoms with Crippen LogP contribution in [0.2, 0.25) is 15.1 Å². The fraction of sp³-hybridized carbons (Fsp3) is 0.226. The van der Waals surface area contributed by atoms with Crippen molar-refractivity contribution in [2.24, 2.45) is 0 Å². The summed E-state index contributed by atoms with van der Waals surface area (Å²) in [5, 5.41) is 11.9. The van der Waals surface area contributed by atoms with E-state index in [9.17, 15) is 9.90 Å². The highest BCUT2D eigenvalue weighted by Crippen LogP contribution is 2.37. The van der Waals surface area contributed by atoms with Gasteiger partial charge in [0, 0.05) is 24.0 Å². The number of aromatic nitrogens is 2. The number of halogens is 3. The summed E-state index contributed by atoms with van der Waals surface area (Å²) in [5.41, 5.74) is 3.14. The Labute approximate surface area is 249 Å². The molecule has 0 aliphatic heterocycles. The van der Waals surface area contributed by atoms with Gasteiger partial charge in [0.25, 0.3) is 0 Å². The van der Waals surface area contributed by atoms with Gasteiger partial charge in [-0.2, -0.15) is 0 Å². The number of rotatable bonds is 6. The minimum absolute atomic E-state index is 0.152. The summed E-state index contributed by atoms with van der Waals surface area (Å²) in [4.78, 5) is 17.9. The predicted molar refractivity (Wildman–Crippen MR) is 162 cm³/mol. The van der Waals surface area contributed by atoms with Crippen molar-refractivity contribution in [1.82, 2.24) is 14.5 Å². The number of fused-ring (bicyclic) bond motifs is 2. The smallest absolute Gasteiger partial charge is 0.329 e. The van der Waals surface area contributed by atoms with Crippen molar-refractivity contribution < 1.29 is 14.6 Å². The number of benzene rings is 3. The second kappa shape index (κ2) is 13.4. The lowest BCUT2D eigenvalue weighted by Gasteiger charge is -2.26. The second-order valence-corrected chi connectivity index (χ2v) is 10.6. The molecule has 0 saturated heterocycles. The lowest BCUT2D eigenvalue weighted by molar-refractivity contribution is 0.102. The molecule has 0 unspecified atom stereocenters. The molecule has 4 aromatic rings. The first kappa shape index (κ1) is 29.7. The van der Waals surface area contributed by atoms with Crippen molar-refractivity contribution in [2.75, 3.05) is 19.7 Å². The van der Waals surface area contributed by atoms with Crippen molar-refractivity contribution in [3.05, 3.63) is 117 Å². The molecule has 0 fully saturated rings. The topological polar surface area (TPSA) is 67.6 Å². The lowest BCUT2D eigenvalue weighted by atomic mass is 9.85. The quantitative estimate of drug-likeness (QED) is 0.244. The Balaban J connectivity index is 0.000000192. The Hall–Kier alpha value is -3.29. The van der Waals surface area contributed by atoms with Crippen LogP contribution in [0, 0.1) is 0 Å². The highest BCUT2D eigenvalue weighted by Gasteiger charge is 2.30. The molecule has 3 aromatic carbocycles. The Morgan fingerprint density at radius 2 is 1.55 bits per heavy atom. The first-order valence-corrected chi connectivity index (χ1v) is 14.0. The van der Waals surface area contributed by atoms with Gasteiger partial charge in [0.15, 0.2) is 5.75 Å². The van der Waals surface area contributed by atoms with E-state index in [-0.39, 0.29) is 12.6 Å². The molecule has 0 radical (unpaired) electrons. The van der Waals surface area contributed by atoms with E-state index < -0.39 is 5.60 Å². The molecule has 9 heteroatoms. The number of hydrogen-bond acceptors (Lipinski definition) is 4. The molecular weight excluding hydrogens is 569 g/mol. The molecule has 208 valence electrons. The largest absolute Gasteiger partial charge is 0.489 e. The van der Waals surface area contributed by atoms with Crippen molar-refractivity contribution in [1.29, 1.82) is 0 Å². The van der Waals surface area contributed by atoms with Crippen molar-refractivity contribution in [3.8, 4) is 5.75 Å². The number of amides is 1. The van der Waals surface area contributed by atoms with Crippen LogP contribution in [0.3, 0.4) is 0 Å². The summed E-state index contributed by atoms with van der Waals surface area (Å²) in [6.45, 7) is 5.14. The van der Waals surface area contributed by atoms with Crippen molar-refractivity contribution in [2.45, 2.75) is 25.9 Å². The highest BCUT2D eigenvalue weighted by molar-refractivity contribution is 6.40. The molecule has 1 heterocycles. The molecule has 0 atom stereocenters. The molecule has 0 saturated carbocycles. The van der Waals surface area contributed by atoms with E-state index in [2.05, 4.69) is 17.1 Å². The maximum Gasteiger partial charge on any atom is 0.329 e. The summed E-state index contributed by atoms with van der Waals surface area (Å²) in [5.74, 6) is 0.365. The molecule has 6 nitrogen and oxygen atoms in total. The Morgan fingerprint density at radius 3 is 2.08 bits per heavy atom. The molecule has 1 aromatic heterocycles. The maximum atomic E-state index is 12.3. The van der Waals surface area contributed by atoms with E-state index in [0.717, 1.165) is 28.7 Å². The first-order valence-electron chi connectivity index (χ1n) is 12.9. The third-order valence-corrected chi connectivity index (χ3v) is 7.25. The van der Waals surface area contributed by atoms with Crippen molar-refractivity contribution >= 4 is 53.0 Å². The molecular formula is C31H30Cl3N3O3. The van der Waals surface area contributed by atoms with Gasteiger partial charge in [0.2, 0.25) is 0 Å². The monoisotopic (exact) mass is 597 g/mol. The zero-order valence-electron chi connectivity index (χ0n) is 22.2. The average Bonchev–Trinajstić information content (AvgIpc) is 3.45. The van der Waals surface area contributed by atoms with Gasteiger partial charge in [0.05, 0.1) is 16.6 Å². The zero-order valence-corrected chi connectivity index (χ0v) is 24.5. The summed E-state index contributed by atoms with van der Waals surface area (Å²) in [7, 11) is 0. The van der Waals surface area contributed by atoms with Crippen molar-refractivity contribution in [3.63, 3.8) is 0 Å². The standard InChI is InChI=1S/C16H14O.C15H16Cl3N3O2/c1-16(17)14-8-4-2-6-12(14)10-11-13-7-3-5-9-15(13)16;1-2-4-20(15(22)21-5-3-19-10-21)6-7-23-14-12(17)8-11(16)9-13(14)18/h2-11,17H,1H3;3,5,8-10H,2,4,6-7H2,1H3. The molecule has 0 spiro atoms. The Kier molecular flexibility index (Phi) is 9.93. The average molecular weight is 599 g/mol. The van der Waals surface area contributed by atoms with Gasteiger partial charge in [-0.25, -0.2) is 9.78 Å². The molecule has 40 heavy (non-hydrogen) atoms. The SMILES string of the molecule is CC1(O)c2ccccc2C=Cc2ccccc21.CCCN(CCOc1c(Cl)cc(Cl)cc1Cl)C(=O)n1ccnc1. The van der Waals surface area contributed by atoms with Crippen LogP contribution >= 0.6 is 34.8 Å². The molecule has 5 rings (SSSR count). The van der Waals surface area contributed by atoms with Crippen LogP contribution in [-0.2, 0) is 5.60 Å². The summed E-state index contributed by atoms with van der Waals surface area (Å²) in [6, 6.07) is 18.9. The number of nitrogens with zero attached hydrogens (tertiary/aromatic N) is 3. The fourth-order valence-corrected chi connectivity index (χ4v) is 5.46. The number of carbonyl (C=O) groups is 1. The van der Waals surface area contributed by atoms with Gasteiger partial charge < -0.3 is 14.7 Å². The third-order valence-electron chi connectivity index (χ3n) is 6.47. The zero-order chi connectivity index (χ0) is 28.7. The van der Waals surface area contributed by atoms with Gasteiger partial charge in [-0.05, 0) is 47.7 Å². The van der Waals surface area contributed by atoms with E-state index in [4.69, 9.17) is 39.5 Å². The van der Waals surface area contributed by atoms with Crippen LogP contribution in [0.25, 0.3) is 12.2 Å². The number of carbonyl (C=O) groups excluding carboxylic acids is 1. The van der Waals surface area contributed by atoms with Crippen LogP contribution in [0.1, 0.15) is 42.5 Å². The minimum Gasteiger partial charge on any atom is -0.489 e. The van der Waals surface area contributed by atoms with Crippen LogP contribution in [0.15, 0.2) is 79.4 Å². The third kappa shape index (κ3) is 6.88. The minimum atomic E-state index is -0.934. The Bertz CT molecular complexity index is 1410. The van der Waals surface area contributed by atoms with E-state index >= 15 is 0 Å². The van der Waals surface area contributed by atoms with E-state index in [1.807, 2.05) is 62.4 Å². The van der Waals surface area contributed by atoms with E-state index in [1.165, 1.54) is 10.9 Å². The van der Waals surface area contributed by atoms with Gasteiger partial charge in [0.1, 0.15) is 18.5 Å². The lowest BCUT2D eigenvalue weighted by Crippen LogP contribution is -2.37. The maximum absolute atomic E-state index is 12.3. The van der Waals surface area contributed by atoms with Crippen LogP contribution in [-0.4, -0.2) is 45.3 Å². The molecule has 1 aliphatic carbocycles. The molecule has 0 bridgehead atoms. The van der Waals surface area contributed by atoms with E-state index in [0.29, 0.717) is 33.9 Å². The van der Waals surface area contributed by atoms with Gasteiger partial charge >= 0.3 is 6.03 Å². The fourth-order valence-electron chi connectivity index (χ4n) is 4.53. The number of ether oxygens (including phenoxy) is 1. The molecule has 1 aliphatic rings. The van der Waals surface area contributed by atoms with E-state index in [1.54, 1.807) is 29.4 Å². The number of hydrogen-bond donors (Lipinski definition) is 1. The predicted octanol–water partition coefficient (Wildman–Crippen LogP) is 8.03. The van der Waals surface area contributed by atoms with Crippen LogP contribution in [0.4, 0.5) is 4.79 Å². The molecule has 1 amide bonds. The van der Waals surface area contributed by atoms with Crippen LogP contribution in [0.5, 0.6) is 5.75 Å². The Morgan fingerprint density at radius 1 is 0.975 bits per heavy atom. The normalized spacial score (nSPS) is 12.8. The van der Waals surface area contributed by atoms with Gasteiger partial charge in [-0.3, -0.25) is 4.57 Å². The van der Waals surface area contributed by atoms with Gasteiger partial charge in [-0.15, -0.1) is 0 Å². The van der Waals surface area contributed by atoms with Crippen LogP contribution < -0.4 is 4.74 Å². The second-order valence-electron chi connectivity index (χ2n) is 9.37. The highest BCUT2D eigenvalue weighted by atomic mass is 35.5. The number of imidazole rings is 1. The molecule has 1 N–H and O–H groups in total. The summed E-state index contributed by atoms with van der Waals surface area (Å²) in [6.07, 6.45) is 9.61. The first-order chi connectivity index (χ1) is 19.2. The summed E-state index contributed by atoms with van der Waals surface area (Å²) < 4.78 is 7.05.